The van der Waals surface area contributed by atoms with E-state index >= 15 is 0 Å². The van der Waals surface area contributed by atoms with Crippen molar-refractivity contribution in [3.63, 3.8) is 0 Å². The first-order valence-electron chi connectivity index (χ1n) is 44.7. The van der Waals surface area contributed by atoms with Gasteiger partial charge in [0.2, 0.25) is 0 Å². The second kappa shape index (κ2) is 75.7. The fourth-order valence-corrected chi connectivity index (χ4v) is 15.0. The molecule has 3 N–H and O–H groups in total. The quantitative estimate of drug-likeness (QED) is 0.0222. The van der Waals surface area contributed by atoms with Gasteiger partial charge in [0.15, 0.2) is 12.2 Å². The molecule has 17 nitrogen and oxygen atoms in total. The first-order valence-corrected chi connectivity index (χ1v) is 47.7. The first-order chi connectivity index (χ1) is 51.1. The van der Waals surface area contributed by atoms with Crippen molar-refractivity contribution in [2.45, 2.75) is 472 Å². The zero-order valence-electron chi connectivity index (χ0n) is 70.1. The molecule has 0 bridgehead atoms. The fraction of sp³-hybridized carbons (Fsp3) is 0.954. The number of hydrogen-bond donors (Lipinski definition) is 3. The number of phosphoric acid groups is 2. The molecule has 0 fully saturated rings. The molecule has 106 heavy (non-hydrogen) atoms. The van der Waals surface area contributed by atoms with Crippen molar-refractivity contribution >= 4 is 39.5 Å². The van der Waals surface area contributed by atoms with Crippen molar-refractivity contribution in [1.82, 2.24) is 0 Å². The maximum absolute atomic E-state index is 13.2. The largest absolute Gasteiger partial charge is 0.472 e. The monoisotopic (exact) mass is 1550 g/mol. The predicted molar refractivity (Wildman–Crippen MR) is 437 cm³/mol. The Kier molecular flexibility index (Phi) is 74.3. The highest BCUT2D eigenvalue weighted by Gasteiger charge is 2.31. The van der Waals surface area contributed by atoms with Gasteiger partial charge in [-0.3, -0.25) is 37.3 Å². The van der Waals surface area contributed by atoms with Crippen LogP contribution in [0.3, 0.4) is 0 Å². The van der Waals surface area contributed by atoms with E-state index in [1.165, 1.54) is 250 Å². The van der Waals surface area contributed by atoms with E-state index in [4.69, 9.17) is 37.0 Å². The summed E-state index contributed by atoms with van der Waals surface area (Å²) in [6.07, 6.45) is 65.5. The van der Waals surface area contributed by atoms with Crippen LogP contribution >= 0.6 is 15.6 Å². The second-order valence-corrected chi connectivity index (χ2v) is 35.9. The lowest BCUT2D eigenvalue weighted by molar-refractivity contribution is -0.161. The third-order valence-electron chi connectivity index (χ3n) is 20.7. The first kappa shape index (κ1) is 104. The van der Waals surface area contributed by atoms with Crippen molar-refractivity contribution in [2.24, 2.45) is 23.7 Å². The van der Waals surface area contributed by atoms with E-state index in [9.17, 15) is 43.2 Å². The molecule has 0 radical (unpaired) electrons. The molecule has 0 aromatic rings. The van der Waals surface area contributed by atoms with Crippen molar-refractivity contribution in [3.8, 4) is 0 Å². The van der Waals surface area contributed by atoms with Gasteiger partial charge in [0.1, 0.15) is 19.3 Å². The Hall–Kier alpha value is -1.94. The molecule has 0 saturated carbocycles. The molecule has 0 saturated heterocycles. The summed E-state index contributed by atoms with van der Waals surface area (Å²) in [5.74, 6) is 1.04. The number of unbranched alkanes of at least 4 members (excludes halogenated alkanes) is 49. The highest BCUT2D eigenvalue weighted by molar-refractivity contribution is 7.47. The Morgan fingerprint density at radius 1 is 0.264 bits per heavy atom. The van der Waals surface area contributed by atoms with Crippen LogP contribution < -0.4 is 0 Å². The normalized spacial score (nSPS) is 14.2. The van der Waals surface area contributed by atoms with E-state index in [1.54, 1.807) is 0 Å². The molecular weight excluding hydrogens is 1380 g/mol. The molecule has 6 atom stereocenters. The van der Waals surface area contributed by atoms with Gasteiger partial charge in [0, 0.05) is 25.7 Å². The van der Waals surface area contributed by atoms with Crippen molar-refractivity contribution in [2.75, 3.05) is 39.6 Å². The van der Waals surface area contributed by atoms with E-state index < -0.39 is 97.5 Å². The summed E-state index contributed by atoms with van der Waals surface area (Å²) >= 11 is 0. The van der Waals surface area contributed by atoms with Gasteiger partial charge in [0.05, 0.1) is 26.4 Å². The number of carbonyl (C=O) groups is 4. The summed E-state index contributed by atoms with van der Waals surface area (Å²) < 4.78 is 68.9. The Bertz CT molecular complexity index is 2060. The molecule has 0 aliphatic carbocycles. The molecule has 0 aliphatic heterocycles. The Balaban J connectivity index is 5.21. The lowest BCUT2D eigenvalue weighted by atomic mass is 9.99. The van der Waals surface area contributed by atoms with Gasteiger partial charge < -0.3 is 33.8 Å². The van der Waals surface area contributed by atoms with Gasteiger partial charge in [-0.2, -0.15) is 0 Å². The second-order valence-electron chi connectivity index (χ2n) is 33.0. The maximum atomic E-state index is 13.2. The van der Waals surface area contributed by atoms with Crippen molar-refractivity contribution < 1.29 is 80.2 Å². The number of phosphoric ester groups is 2. The molecule has 0 spiro atoms. The fourth-order valence-electron chi connectivity index (χ4n) is 13.5. The molecule has 630 valence electrons. The van der Waals surface area contributed by atoms with E-state index in [0.717, 1.165) is 114 Å². The molecule has 0 heterocycles. The summed E-state index contributed by atoms with van der Waals surface area (Å²) in [5, 5.41) is 10.7. The Morgan fingerprint density at radius 2 is 0.453 bits per heavy atom. The maximum Gasteiger partial charge on any atom is 0.472 e. The molecule has 0 amide bonds. The van der Waals surface area contributed by atoms with Crippen LogP contribution in [-0.4, -0.2) is 96.7 Å². The van der Waals surface area contributed by atoms with Crippen LogP contribution in [0.1, 0.15) is 453 Å². The van der Waals surface area contributed by atoms with Gasteiger partial charge in [0.25, 0.3) is 0 Å². The average molecular weight is 1550 g/mol. The van der Waals surface area contributed by atoms with E-state index in [2.05, 4.69) is 55.4 Å². The minimum absolute atomic E-state index is 0.105. The number of ether oxygens (including phenoxy) is 4. The van der Waals surface area contributed by atoms with Crippen LogP contribution in [0.25, 0.3) is 0 Å². The lowest BCUT2D eigenvalue weighted by Crippen LogP contribution is -2.30. The third-order valence-corrected chi connectivity index (χ3v) is 22.6. The topological polar surface area (TPSA) is 237 Å². The zero-order valence-corrected chi connectivity index (χ0v) is 71.9. The highest BCUT2D eigenvalue weighted by atomic mass is 31.2. The number of carbonyl (C=O) groups excluding carboxylic acids is 4. The molecule has 0 aromatic carbocycles. The average Bonchev–Trinajstić information content (AvgIpc) is 0.900. The summed E-state index contributed by atoms with van der Waals surface area (Å²) in [6.45, 7) is 14.3. The van der Waals surface area contributed by atoms with Gasteiger partial charge >= 0.3 is 39.5 Å². The summed E-state index contributed by atoms with van der Waals surface area (Å²) in [7, 11) is -9.93. The molecule has 19 heteroatoms. The standard InChI is InChI=1S/C87H170O17P2/c1-9-80(8)66-58-50-42-34-27-23-19-15-11-13-17-21-25-29-36-44-53-61-69-86(91)103-82(73-97-84(89)67-59-51-43-35-28-24-20-16-12-10-14-18-22-26-32-39-47-55-63-77(2)3)75-101-105(93,94)99-71-81(88)72-100-106(95,96)102-76-83(74-98-85(90)68-60-52-46-38-41-49-57-65-79(6)7)104-87(92)70-62-54-45-37-31-30-33-40-48-56-64-78(4)5/h77-83,88H,9-76H2,1-8H3,(H,93,94)(H,95,96)/t80?,81?,82-,83-/m1/s1. The number of esters is 4. The Morgan fingerprint density at radius 3 is 0.670 bits per heavy atom. The van der Waals surface area contributed by atoms with Gasteiger partial charge in [-0.1, -0.05) is 402 Å². The zero-order chi connectivity index (χ0) is 78.1. The van der Waals surface area contributed by atoms with Crippen LogP contribution in [0.5, 0.6) is 0 Å². The third kappa shape index (κ3) is 78.7. The van der Waals surface area contributed by atoms with Gasteiger partial charge in [-0.05, 0) is 49.4 Å². The number of aliphatic hydroxyl groups excluding tert-OH is 1. The van der Waals surface area contributed by atoms with Crippen molar-refractivity contribution in [3.05, 3.63) is 0 Å². The molecular formula is C87H170O17P2. The minimum Gasteiger partial charge on any atom is -0.462 e. The van der Waals surface area contributed by atoms with Crippen LogP contribution in [0.4, 0.5) is 0 Å². The molecule has 0 rings (SSSR count). The summed E-state index contributed by atoms with van der Waals surface area (Å²) in [5.41, 5.74) is 0. The van der Waals surface area contributed by atoms with Crippen molar-refractivity contribution in [1.29, 1.82) is 0 Å². The summed E-state index contributed by atoms with van der Waals surface area (Å²) in [6, 6.07) is 0. The van der Waals surface area contributed by atoms with E-state index in [1.807, 2.05) is 0 Å². The smallest absolute Gasteiger partial charge is 0.462 e. The van der Waals surface area contributed by atoms with Crippen LogP contribution in [0.2, 0.25) is 0 Å². The van der Waals surface area contributed by atoms with Crippen LogP contribution in [0.15, 0.2) is 0 Å². The predicted octanol–water partition coefficient (Wildman–Crippen LogP) is 26.3. The van der Waals surface area contributed by atoms with E-state index in [-0.39, 0.29) is 25.7 Å². The molecule has 0 aromatic heterocycles. The molecule has 0 aliphatic rings. The number of hydrogen-bond acceptors (Lipinski definition) is 15. The molecule has 4 unspecified atom stereocenters. The highest BCUT2D eigenvalue weighted by Crippen LogP contribution is 2.45. The number of rotatable bonds is 84. The minimum atomic E-state index is -4.97. The van der Waals surface area contributed by atoms with Gasteiger partial charge in [-0.15, -0.1) is 0 Å². The van der Waals surface area contributed by atoms with Gasteiger partial charge in [-0.25, -0.2) is 9.13 Å². The Labute approximate surface area is 651 Å². The number of aliphatic hydroxyl groups is 1. The van der Waals surface area contributed by atoms with Crippen LogP contribution in [0, 0.1) is 23.7 Å². The lowest BCUT2D eigenvalue weighted by Gasteiger charge is -2.21. The SMILES string of the molecule is CCC(C)CCCCCCCCCCCCCCCCCCCCC(=O)O[C@H](COC(=O)CCCCCCCCCCCCCCCCCCCCC(C)C)COP(=O)(O)OCC(O)COP(=O)(O)OC[C@@H](COC(=O)CCCCCCCCCC(C)C)OC(=O)CCCCCCCCCCCCC(C)C. The van der Waals surface area contributed by atoms with Crippen LogP contribution in [-0.2, 0) is 65.4 Å². The summed E-state index contributed by atoms with van der Waals surface area (Å²) in [4.78, 5) is 73.2. The van der Waals surface area contributed by atoms with E-state index in [0.29, 0.717) is 31.6 Å².